The highest BCUT2D eigenvalue weighted by Crippen LogP contribution is 1.72. The van der Waals surface area contributed by atoms with E-state index in [9.17, 15) is 9.90 Å². The monoisotopic (exact) mass is 128 g/mol. The van der Waals surface area contributed by atoms with Crippen LogP contribution in [-0.2, 0) is 9.90 Å². The number of amides is 1. The minimum atomic E-state index is -0.219. The molecule has 0 aromatic rings. The third-order valence-electron chi connectivity index (χ3n) is 0.806. The smallest absolute Gasteiger partial charge is 0.243 e. The molecule has 0 heterocycles. The van der Waals surface area contributed by atoms with E-state index in [1.54, 1.807) is 0 Å². The number of hydrogen-bond donors (Lipinski definition) is 1. The molecule has 0 unspecified atom stereocenters. The molecule has 0 aliphatic heterocycles. The summed E-state index contributed by atoms with van der Waals surface area (Å²) < 4.78 is 0. The Morgan fingerprint density at radius 1 is 1.67 bits per heavy atom. The summed E-state index contributed by atoms with van der Waals surface area (Å²) in [5, 5.41) is 12.3. The molecule has 3 heteroatoms. The first-order chi connectivity index (χ1) is 4.31. The Bertz CT molecular complexity index is 101. The Kier molecular flexibility index (Phi) is 4.82. The number of nitrogens with one attached hydrogen (secondary N) is 1. The van der Waals surface area contributed by atoms with Crippen LogP contribution in [-0.4, -0.2) is 19.1 Å². The number of carbonyl (C=O) groups is 1. The van der Waals surface area contributed by atoms with Gasteiger partial charge in [-0.05, 0) is 12.5 Å². The first-order valence-corrected chi connectivity index (χ1v) is 2.79. The topological polar surface area (TPSA) is 49.0 Å². The molecular formula is C6H10NO2. The van der Waals surface area contributed by atoms with E-state index in [-0.39, 0.29) is 12.5 Å². The van der Waals surface area contributed by atoms with Crippen LogP contribution in [0.15, 0.2) is 12.7 Å². The lowest BCUT2D eigenvalue weighted by Gasteiger charge is -1.96. The predicted octanol–water partition coefficient (Wildman–Crippen LogP) is 0.109. The van der Waals surface area contributed by atoms with Gasteiger partial charge in [0.15, 0.2) is 0 Å². The molecule has 51 valence electrons. The Morgan fingerprint density at radius 3 is 2.78 bits per heavy atom. The fourth-order valence-corrected chi connectivity index (χ4v) is 0.356. The molecule has 0 aromatic carbocycles. The number of rotatable bonds is 4. The van der Waals surface area contributed by atoms with Gasteiger partial charge in [-0.25, -0.2) is 5.11 Å². The summed E-state index contributed by atoms with van der Waals surface area (Å²) in [5.74, 6) is -0.219. The van der Waals surface area contributed by atoms with Gasteiger partial charge in [0.05, 0.1) is 6.61 Å². The summed E-state index contributed by atoms with van der Waals surface area (Å²) in [7, 11) is 0. The maximum Gasteiger partial charge on any atom is 0.243 e. The minimum absolute atomic E-state index is 0.141. The second-order valence-corrected chi connectivity index (χ2v) is 1.55. The van der Waals surface area contributed by atoms with Gasteiger partial charge >= 0.3 is 0 Å². The quantitative estimate of drug-likeness (QED) is 0.424. The Balaban J connectivity index is 3.07. The van der Waals surface area contributed by atoms with Crippen LogP contribution in [0.25, 0.3) is 0 Å². The Morgan fingerprint density at radius 2 is 2.33 bits per heavy atom. The molecule has 0 atom stereocenters. The average molecular weight is 128 g/mol. The second-order valence-electron chi connectivity index (χ2n) is 1.55. The van der Waals surface area contributed by atoms with Crippen molar-refractivity contribution in [2.45, 2.75) is 6.42 Å². The molecule has 1 radical (unpaired) electrons. The first kappa shape index (κ1) is 8.17. The molecule has 0 aromatic heterocycles. The van der Waals surface area contributed by atoms with Gasteiger partial charge in [0.1, 0.15) is 0 Å². The standard InChI is InChI=1S/C6H10NO2/c1-2-6(9)7-4-3-5-8/h2H,1,3-5H2,(H,7,9). The van der Waals surface area contributed by atoms with Crippen LogP contribution in [0.3, 0.4) is 0 Å². The van der Waals surface area contributed by atoms with Crippen LogP contribution >= 0.6 is 0 Å². The maximum absolute atomic E-state index is 10.4. The van der Waals surface area contributed by atoms with E-state index in [0.29, 0.717) is 13.0 Å². The van der Waals surface area contributed by atoms with Crippen molar-refractivity contribution in [1.29, 1.82) is 0 Å². The molecule has 0 aliphatic carbocycles. The van der Waals surface area contributed by atoms with Crippen molar-refractivity contribution in [2.24, 2.45) is 0 Å². The molecule has 0 bridgehead atoms. The van der Waals surface area contributed by atoms with E-state index in [1.807, 2.05) is 0 Å². The fraction of sp³-hybridized carbons (Fsp3) is 0.500. The zero-order chi connectivity index (χ0) is 7.11. The Labute approximate surface area is 54.4 Å². The van der Waals surface area contributed by atoms with Crippen LogP contribution in [0.5, 0.6) is 0 Å². The predicted molar refractivity (Wildman–Crippen MR) is 33.4 cm³/mol. The molecule has 0 saturated carbocycles. The largest absolute Gasteiger partial charge is 0.352 e. The molecule has 0 spiro atoms. The highest BCUT2D eigenvalue weighted by molar-refractivity contribution is 5.86. The number of carbonyl (C=O) groups excluding carboxylic acids is 1. The van der Waals surface area contributed by atoms with Crippen LogP contribution < -0.4 is 5.32 Å². The van der Waals surface area contributed by atoms with Gasteiger partial charge in [0.2, 0.25) is 5.91 Å². The molecule has 0 saturated heterocycles. The summed E-state index contributed by atoms with van der Waals surface area (Å²) in [4.78, 5) is 10.4. The van der Waals surface area contributed by atoms with Gasteiger partial charge in [-0.3, -0.25) is 4.79 Å². The third-order valence-corrected chi connectivity index (χ3v) is 0.806. The van der Waals surface area contributed by atoms with Gasteiger partial charge in [0, 0.05) is 6.54 Å². The summed E-state index contributed by atoms with van der Waals surface area (Å²) in [6, 6.07) is 0. The van der Waals surface area contributed by atoms with E-state index >= 15 is 0 Å². The van der Waals surface area contributed by atoms with Crippen molar-refractivity contribution in [2.75, 3.05) is 13.2 Å². The van der Waals surface area contributed by atoms with E-state index in [1.165, 1.54) is 6.08 Å². The van der Waals surface area contributed by atoms with Crippen molar-refractivity contribution in [1.82, 2.24) is 5.32 Å². The van der Waals surface area contributed by atoms with E-state index in [0.717, 1.165) is 0 Å². The molecule has 1 N–H and O–H groups in total. The van der Waals surface area contributed by atoms with Gasteiger partial charge in [-0.1, -0.05) is 6.58 Å². The van der Waals surface area contributed by atoms with E-state index in [4.69, 9.17) is 0 Å². The van der Waals surface area contributed by atoms with Crippen LogP contribution in [0.1, 0.15) is 6.42 Å². The van der Waals surface area contributed by atoms with Crippen molar-refractivity contribution < 1.29 is 9.90 Å². The minimum Gasteiger partial charge on any atom is -0.352 e. The summed E-state index contributed by atoms with van der Waals surface area (Å²) in [5.41, 5.74) is 0. The van der Waals surface area contributed by atoms with Crippen LogP contribution in [0.2, 0.25) is 0 Å². The SMILES string of the molecule is C=CC(=O)NCCC[O]. The highest BCUT2D eigenvalue weighted by atomic mass is 16.3. The van der Waals surface area contributed by atoms with E-state index in [2.05, 4.69) is 11.9 Å². The molecule has 3 nitrogen and oxygen atoms in total. The molecular weight excluding hydrogens is 118 g/mol. The second kappa shape index (κ2) is 5.31. The average Bonchev–Trinajstić information content (AvgIpc) is 1.89. The fourth-order valence-electron chi connectivity index (χ4n) is 0.356. The van der Waals surface area contributed by atoms with Crippen molar-refractivity contribution >= 4 is 5.91 Å². The van der Waals surface area contributed by atoms with Crippen LogP contribution in [0.4, 0.5) is 0 Å². The first-order valence-electron chi connectivity index (χ1n) is 2.79. The lowest BCUT2D eigenvalue weighted by molar-refractivity contribution is -0.116. The van der Waals surface area contributed by atoms with Crippen molar-refractivity contribution in [3.8, 4) is 0 Å². The van der Waals surface area contributed by atoms with Gasteiger partial charge < -0.3 is 5.32 Å². The summed E-state index contributed by atoms with van der Waals surface area (Å²) in [6.45, 7) is 3.56. The van der Waals surface area contributed by atoms with Gasteiger partial charge in [-0.2, -0.15) is 0 Å². The maximum atomic E-state index is 10.4. The summed E-state index contributed by atoms with van der Waals surface area (Å²) in [6.07, 6.45) is 1.67. The molecule has 9 heavy (non-hydrogen) atoms. The van der Waals surface area contributed by atoms with E-state index < -0.39 is 0 Å². The number of hydrogen-bond acceptors (Lipinski definition) is 1. The zero-order valence-corrected chi connectivity index (χ0v) is 5.22. The summed E-state index contributed by atoms with van der Waals surface area (Å²) >= 11 is 0. The Hall–Kier alpha value is -0.830. The lowest BCUT2D eigenvalue weighted by Crippen LogP contribution is -2.22. The molecule has 0 aliphatic rings. The van der Waals surface area contributed by atoms with Crippen molar-refractivity contribution in [3.05, 3.63) is 12.7 Å². The normalized spacial score (nSPS) is 8.56. The zero-order valence-electron chi connectivity index (χ0n) is 5.22. The molecule has 0 rings (SSSR count). The van der Waals surface area contributed by atoms with Crippen LogP contribution in [0, 0.1) is 0 Å². The van der Waals surface area contributed by atoms with Gasteiger partial charge in [0.25, 0.3) is 0 Å². The third kappa shape index (κ3) is 5.03. The lowest BCUT2D eigenvalue weighted by atomic mass is 10.4. The molecule has 0 fully saturated rings. The van der Waals surface area contributed by atoms with Crippen molar-refractivity contribution in [3.63, 3.8) is 0 Å². The highest BCUT2D eigenvalue weighted by Gasteiger charge is 1.89. The molecule has 1 amide bonds. The van der Waals surface area contributed by atoms with Gasteiger partial charge in [-0.15, -0.1) is 0 Å².